The monoisotopic (exact) mass is 463 g/mol. The van der Waals surface area contributed by atoms with Gasteiger partial charge >= 0.3 is 0 Å². The van der Waals surface area contributed by atoms with Gasteiger partial charge in [0.2, 0.25) is 0 Å². The minimum absolute atomic E-state index is 0. The first-order valence-electron chi connectivity index (χ1n) is 8.97. The number of aliphatic imine (C=N–C) groups is 1. The van der Waals surface area contributed by atoms with Gasteiger partial charge in [-0.1, -0.05) is 12.1 Å². The molecule has 0 radical (unpaired) electrons. The molecule has 25 heavy (non-hydrogen) atoms. The van der Waals surface area contributed by atoms with E-state index in [-0.39, 0.29) is 35.2 Å². The molecule has 1 aliphatic rings. The van der Waals surface area contributed by atoms with Crippen molar-refractivity contribution in [1.82, 2.24) is 10.6 Å². The van der Waals surface area contributed by atoms with Crippen molar-refractivity contribution in [2.75, 3.05) is 33.4 Å². The molecule has 0 unspecified atom stereocenters. The van der Waals surface area contributed by atoms with E-state index in [1.54, 1.807) is 19.2 Å². The van der Waals surface area contributed by atoms with Crippen LogP contribution in [0.15, 0.2) is 29.3 Å². The molecule has 0 spiro atoms. The largest absolute Gasteiger partial charge is 0.385 e. The SMILES string of the molecule is CCNC(=NCC1(c2cccc(F)c2)CC1)NCCCCCOC.I. The van der Waals surface area contributed by atoms with Crippen LogP contribution in [0.4, 0.5) is 4.39 Å². The third kappa shape index (κ3) is 7.48. The summed E-state index contributed by atoms with van der Waals surface area (Å²) in [4.78, 5) is 4.73. The smallest absolute Gasteiger partial charge is 0.191 e. The van der Waals surface area contributed by atoms with Crippen LogP contribution in [0.25, 0.3) is 0 Å². The topological polar surface area (TPSA) is 45.7 Å². The first-order chi connectivity index (χ1) is 11.7. The summed E-state index contributed by atoms with van der Waals surface area (Å²) in [6.45, 7) is 5.33. The highest BCUT2D eigenvalue weighted by atomic mass is 127. The van der Waals surface area contributed by atoms with Crippen molar-refractivity contribution < 1.29 is 9.13 Å². The van der Waals surface area contributed by atoms with Crippen molar-refractivity contribution in [3.8, 4) is 0 Å². The summed E-state index contributed by atoms with van der Waals surface area (Å²) in [6.07, 6.45) is 5.50. The Labute approximate surface area is 168 Å². The second-order valence-corrected chi connectivity index (χ2v) is 6.47. The number of unbranched alkanes of at least 4 members (excludes halogenated alkanes) is 2. The molecule has 142 valence electrons. The maximum Gasteiger partial charge on any atom is 0.191 e. The number of guanidine groups is 1. The standard InChI is InChI=1S/C19H30FN3O.HI/c1-3-21-18(22-12-5-4-6-13-24-2)23-15-19(10-11-19)16-8-7-9-17(20)14-16;/h7-9,14H,3-6,10-13,15H2,1-2H3,(H2,21,22,23);1H. The summed E-state index contributed by atoms with van der Waals surface area (Å²) in [6, 6.07) is 6.95. The fourth-order valence-corrected chi connectivity index (χ4v) is 2.83. The van der Waals surface area contributed by atoms with E-state index >= 15 is 0 Å². The molecule has 1 aromatic rings. The van der Waals surface area contributed by atoms with Gasteiger partial charge < -0.3 is 15.4 Å². The lowest BCUT2D eigenvalue weighted by atomic mass is 9.96. The third-order valence-corrected chi connectivity index (χ3v) is 4.49. The van der Waals surface area contributed by atoms with E-state index in [4.69, 9.17) is 9.73 Å². The van der Waals surface area contributed by atoms with Gasteiger partial charge in [-0.25, -0.2) is 4.39 Å². The van der Waals surface area contributed by atoms with E-state index < -0.39 is 0 Å². The van der Waals surface area contributed by atoms with Gasteiger partial charge in [0.25, 0.3) is 0 Å². The van der Waals surface area contributed by atoms with Crippen LogP contribution < -0.4 is 10.6 Å². The van der Waals surface area contributed by atoms with Crippen molar-refractivity contribution in [1.29, 1.82) is 0 Å². The lowest BCUT2D eigenvalue weighted by Crippen LogP contribution is -2.38. The number of hydrogen-bond acceptors (Lipinski definition) is 2. The maximum absolute atomic E-state index is 13.5. The summed E-state index contributed by atoms with van der Waals surface area (Å²) in [5.74, 6) is 0.691. The molecule has 0 aliphatic heterocycles. The number of hydrogen-bond donors (Lipinski definition) is 2. The predicted octanol–water partition coefficient (Wildman–Crippen LogP) is 3.85. The van der Waals surface area contributed by atoms with Gasteiger partial charge in [-0.05, 0) is 56.7 Å². The van der Waals surface area contributed by atoms with Crippen LogP contribution in [0.1, 0.15) is 44.6 Å². The molecular weight excluding hydrogens is 432 g/mol. The summed E-state index contributed by atoms with van der Waals surface area (Å²) in [7, 11) is 1.74. The average molecular weight is 463 g/mol. The van der Waals surface area contributed by atoms with Gasteiger partial charge in [-0.2, -0.15) is 0 Å². The molecule has 0 saturated heterocycles. The quantitative estimate of drug-likeness (QED) is 0.240. The van der Waals surface area contributed by atoms with Gasteiger partial charge in [0.1, 0.15) is 5.82 Å². The number of rotatable bonds is 10. The molecule has 1 saturated carbocycles. The summed E-state index contributed by atoms with van der Waals surface area (Å²) in [5.41, 5.74) is 1.10. The van der Waals surface area contributed by atoms with E-state index in [2.05, 4.69) is 17.6 Å². The van der Waals surface area contributed by atoms with Crippen molar-refractivity contribution in [3.63, 3.8) is 0 Å². The van der Waals surface area contributed by atoms with E-state index in [9.17, 15) is 4.39 Å². The van der Waals surface area contributed by atoms with E-state index in [0.29, 0.717) is 6.54 Å². The van der Waals surface area contributed by atoms with Gasteiger partial charge in [0.15, 0.2) is 5.96 Å². The van der Waals surface area contributed by atoms with Crippen LogP contribution in [-0.4, -0.2) is 39.3 Å². The van der Waals surface area contributed by atoms with Crippen LogP contribution >= 0.6 is 24.0 Å². The van der Waals surface area contributed by atoms with Crippen LogP contribution in [0.3, 0.4) is 0 Å². The zero-order chi connectivity index (χ0) is 17.3. The Kier molecular flexibility index (Phi) is 10.3. The van der Waals surface area contributed by atoms with Crippen molar-refractivity contribution in [2.45, 2.75) is 44.4 Å². The molecule has 0 atom stereocenters. The Bertz CT molecular complexity index is 535. The molecule has 0 bridgehead atoms. The highest BCUT2D eigenvalue weighted by molar-refractivity contribution is 14.0. The van der Waals surface area contributed by atoms with Gasteiger partial charge in [-0.3, -0.25) is 4.99 Å². The number of halogens is 2. The maximum atomic E-state index is 13.5. The Balaban J connectivity index is 0.00000312. The Morgan fingerprint density at radius 2 is 2.04 bits per heavy atom. The van der Waals surface area contributed by atoms with Crippen molar-refractivity contribution in [2.24, 2.45) is 4.99 Å². The molecule has 4 nitrogen and oxygen atoms in total. The number of benzene rings is 1. The van der Waals surface area contributed by atoms with Crippen LogP contribution in [-0.2, 0) is 10.2 Å². The number of ether oxygens (including phenoxy) is 1. The molecule has 0 aromatic heterocycles. The van der Waals surface area contributed by atoms with Gasteiger partial charge in [0.05, 0.1) is 6.54 Å². The Hall–Kier alpha value is -0.890. The van der Waals surface area contributed by atoms with E-state index in [1.165, 1.54) is 6.07 Å². The summed E-state index contributed by atoms with van der Waals surface area (Å²) in [5, 5.41) is 6.67. The fourth-order valence-electron chi connectivity index (χ4n) is 2.83. The first-order valence-corrected chi connectivity index (χ1v) is 8.97. The average Bonchev–Trinajstić information content (AvgIpc) is 3.37. The van der Waals surface area contributed by atoms with Crippen LogP contribution in [0, 0.1) is 5.82 Å². The lowest BCUT2D eigenvalue weighted by Gasteiger charge is -2.16. The number of nitrogens with zero attached hydrogens (tertiary/aromatic N) is 1. The minimum atomic E-state index is -0.163. The van der Waals surface area contributed by atoms with Crippen LogP contribution in [0.2, 0.25) is 0 Å². The molecule has 6 heteroatoms. The van der Waals surface area contributed by atoms with Gasteiger partial charge in [-0.15, -0.1) is 24.0 Å². The summed E-state index contributed by atoms with van der Waals surface area (Å²) >= 11 is 0. The predicted molar refractivity (Wildman–Crippen MR) is 112 cm³/mol. The third-order valence-electron chi connectivity index (χ3n) is 4.49. The van der Waals surface area contributed by atoms with Crippen molar-refractivity contribution in [3.05, 3.63) is 35.6 Å². The first kappa shape index (κ1) is 22.2. The Morgan fingerprint density at radius 3 is 2.68 bits per heavy atom. The second-order valence-electron chi connectivity index (χ2n) is 6.47. The highest BCUT2D eigenvalue weighted by Crippen LogP contribution is 2.48. The van der Waals surface area contributed by atoms with E-state index in [0.717, 1.165) is 63.3 Å². The number of methoxy groups -OCH3 is 1. The summed E-state index contributed by atoms with van der Waals surface area (Å²) < 4.78 is 18.5. The second kappa shape index (κ2) is 11.7. The molecule has 2 rings (SSSR count). The molecule has 1 aliphatic carbocycles. The normalized spacial score (nSPS) is 15.4. The van der Waals surface area contributed by atoms with Gasteiger partial charge in [0, 0.05) is 32.2 Å². The molecule has 0 heterocycles. The Morgan fingerprint density at radius 1 is 1.24 bits per heavy atom. The molecular formula is C19H31FIN3O. The molecule has 0 amide bonds. The zero-order valence-corrected chi connectivity index (χ0v) is 17.6. The zero-order valence-electron chi connectivity index (χ0n) is 15.3. The van der Waals surface area contributed by atoms with Crippen LogP contribution in [0.5, 0.6) is 0 Å². The highest BCUT2D eigenvalue weighted by Gasteiger charge is 2.44. The van der Waals surface area contributed by atoms with Crippen molar-refractivity contribution >= 4 is 29.9 Å². The lowest BCUT2D eigenvalue weighted by molar-refractivity contribution is 0.192. The minimum Gasteiger partial charge on any atom is -0.385 e. The fraction of sp³-hybridized carbons (Fsp3) is 0.632. The van der Waals surface area contributed by atoms with E-state index in [1.807, 2.05) is 6.07 Å². The molecule has 1 aromatic carbocycles. The number of nitrogens with one attached hydrogen (secondary N) is 2. The molecule has 1 fully saturated rings. The molecule has 2 N–H and O–H groups in total.